The second kappa shape index (κ2) is 4.14. The van der Waals surface area contributed by atoms with E-state index >= 15 is 0 Å². The molecule has 5 rings (SSSR count). The maximum Gasteiger partial charge on any atom is 0.231 e. The van der Waals surface area contributed by atoms with Crippen molar-refractivity contribution in [1.29, 1.82) is 0 Å². The van der Waals surface area contributed by atoms with Crippen molar-refractivity contribution in [2.45, 2.75) is 0 Å². The number of ketones is 1. The van der Waals surface area contributed by atoms with Gasteiger partial charge in [-0.3, -0.25) is 9.59 Å². The Morgan fingerprint density at radius 2 is 1.52 bits per heavy atom. The summed E-state index contributed by atoms with van der Waals surface area (Å²) in [4.78, 5) is 29.7. The van der Waals surface area contributed by atoms with Crippen molar-refractivity contribution in [3.63, 3.8) is 0 Å². The van der Waals surface area contributed by atoms with Crippen LogP contribution in [-0.4, -0.2) is 10.8 Å². The van der Waals surface area contributed by atoms with Gasteiger partial charge in [-0.2, -0.15) is 0 Å². The van der Waals surface area contributed by atoms with E-state index in [1.165, 1.54) is 0 Å². The van der Waals surface area contributed by atoms with Crippen molar-refractivity contribution in [1.82, 2.24) is 4.98 Å². The van der Waals surface area contributed by atoms with Gasteiger partial charge in [0.2, 0.25) is 11.1 Å². The summed E-state index contributed by atoms with van der Waals surface area (Å²) in [7, 11) is 0. The van der Waals surface area contributed by atoms with Gasteiger partial charge >= 0.3 is 0 Å². The Morgan fingerprint density at radius 1 is 0.783 bits per heavy atom. The molecule has 0 N–H and O–H groups in total. The monoisotopic (exact) mass is 299 g/mol. The van der Waals surface area contributed by atoms with E-state index in [-0.39, 0.29) is 16.9 Å². The number of hydrogen-bond acceptors (Lipinski definition) is 4. The minimum absolute atomic E-state index is 0.0995. The maximum atomic E-state index is 12.7. The molecular formula is C19H9NO3. The molecule has 4 heteroatoms. The zero-order valence-electron chi connectivity index (χ0n) is 11.9. The average molecular weight is 299 g/mol. The Morgan fingerprint density at radius 3 is 2.39 bits per heavy atom. The number of hydrogen-bond donors (Lipinski definition) is 0. The molecule has 0 bridgehead atoms. The molecule has 0 atom stereocenters. The van der Waals surface area contributed by atoms with Crippen molar-refractivity contribution >= 4 is 27.9 Å². The zero-order chi connectivity index (χ0) is 15.6. The molecule has 2 aromatic heterocycles. The summed E-state index contributed by atoms with van der Waals surface area (Å²) in [5.41, 5.74) is 3.03. The van der Waals surface area contributed by atoms with Crippen LogP contribution in [0.15, 0.2) is 63.8 Å². The average Bonchev–Trinajstić information content (AvgIpc) is 2.87. The van der Waals surface area contributed by atoms with Crippen LogP contribution in [-0.2, 0) is 0 Å². The predicted molar refractivity (Wildman–Crippen MR) is 86.7 cm³/mol. The number of fused-ring (bicyclic) bond motifs is 5. The van der Waals surface area contributed by atoms with Crippen LogP contribution in [0.2, 0.25) is 0 Å². The molecule has 0 saturated heterocycles. The first-order chi connectivity index (χ1) is 11.2. The number of benzene rings is 2. The Balaban J connectivity index is 1.96. The molecule has 0 spiro atoms. The van der Waals surface area contributed by atoms with E-state index in [4.69, 9.17) is 4.42 Å². The van der Waals surface area contributed by atoms with Crippen LogP contribution in [0.3, 0.4) is 0 Å². The van der Waals surface area contributed by atoms with Crippen LogP contribution in [0.4, 0.5) is 0 Å². The normalized spacial score (nSPS) is 12.6. The van der Waals surface area contributed by atoms with Gasteiger partial charge in [-0.1, -0.05) is 36.4 Å². The van der Waals surface area contributed by atoms with E-state index in [1.54, 1.807) is 30.3 Å². The largest absolute Gasteiger partial charge is 0.437 e. The molecule has 2 heterocycles. The molecule has 0 radical (unpaired) electrons. The fourth-order valence-corrected chi connectivity index (χ4v) is 3.14. The van der Waals surface area contributed by atoms with Crippen molar-refractivity contribution in [3.05, 3.63) is 75.9 Å². The van der Waals surface area contributed by atoms with Gasteiger partial charge in [-0.25, -0.2) is 4.98 Å². The summed E-state index contributed by atoms with van der Waals surface area (Å²) in [6, 6.07) is 16.0. The van der Waals surface area contributed by atoms with Gasteiger partial charge in [0.05, 0.1) is 16.5 Å². The van der Waals surface area contributed by atoms with Crippen LogP contribution in [0.25, 0.3) is 33.3 Å². The van der Waals surface area contributed by atoms with Gasteiger partial charge in [0.1, 0.15) is 5.58 Å². The number of carbonyl (C=O) groups is 1. The third kappa shape index (κ3) is 1.52. The van der Waals surface area contributed by atoms with E-state index in [2.05, 4.69) is 4.98 Å². The van der Waals surface area contributed by atoms with Gasteiger partial charge in [0.25, 0.3) is 0 Å². The van der Waals surface area contributed by atoms with E-state index < -0.39 is 0 Å². The quantitative estimate of drug-likeness (QED) is 0.410. The highest BCUT2D eigenvalue weighted by Crippen LogP contribution is 2.36. The van der Waals surface area contributed by atoms with Crippen LogP contribution in [0.1, 0.15) is 15.9 Å². The molecule has 23 heavy (non-hydrogen) atoms. The Bertz CT molecular complexity index is 1200. The first-order valence-corrected chi connectivity index (χ1v) is 7.25. The summed E-state index contributed by atoms with van der Waals surface area (Å²) in [6.07, 6.45) is 0. The van der Waals surface area contributed by atoms with Gasteiger partial charge < -0.3 is 4.42 Å². The number of para-hydroxylation sites is 1. The van der Waals surface area contributed by atoms with Crippen LogP contribution >= 0.6 is 0 Å². The molecule has 108 valence electrons. The van der Waals surface area contributed by atoms with Crippen molar-refractivity contribution in [2.24, 2.45) is 0 Å². The van der Waals surface area contributed by atoms with E-state index in [1.807, 2.05) is 24.3 Å². The first kappa shape index (κ1) is 12.3. The molecule has 4 aromatic rings. The second-order valence-electron chi connectivity index (χ2n) is 5.54. The Hall–Kier alpha value is -3.27. The van der Waals surface area contributed by atoms with Gasteiger partial charge in [-0.15, -0.1) is 0 Å². The summed E-state index contributed by atoms with van der Waals surface area (Å²) in [5.74, 6) is -0.0995. The van der Waals surface area contributed by atoms with Crippen molar-refractivity contribution < 1.29 is 9.21 Å². The summed E-state index contributed by atoms with van der Waals surface area (Å²) in [6.45, 7) is 0. The molecule has 1 aliphatic rings. The molecule has 0 aliphatic heterocycles. The summed E-state index contributed by atoms with van der Waals surface area (Å²) >= 11 is 0. The zero-order valence-corrected chi connectivity index (χ0v) is 11.9. The van der Waals surface area contributed by atoms with Gasteiger partial charge in [0, 0.05) is 16.7 Å². The topological polar surface area (TPSA) is 60.2 Å². The lowest BCUT2D eigenvalue weighted by molar-refractivity contribution is 0.104. The fraction of sp³-hybridized carbons (Fsp3) is 0. The molecule has 0 fully saturated rings. The smallest absolute Gasteiger partial charge is 0.231 e. The maximum absolute atomic E-state index is 12.7. The van der Waals surface area contributed by atoms with Gasteiger partial charge in [-0.05, 0) is 18.2 Å². The summed E-state index contributed by atoms with van der Waals surface area (Å²) < 4.78 is 5.78. The van der Waals surface area contributed by atoms with Crippen LogP contribution in [0.5, 0.6) is 0 Å². The van der Waals surface area contributed by atoms with E-state index in [0.717, 1.165) is 5.56 Å². The molecular weight excluding hydrogens is 290 g/mol. The van der Waals surface area contributed by atoms with Crippen LogP contribution in [0, 0.1) is 0 Å². The number of aromatic nitrogens is 1. The SMILES string of the molecule is O=C1c2ccccc2-c2nc3oc4ccccc4c(=O)c3cc21. The first-order valence-electron chi connectivity index (χ1n) is 7.25. The number of carbonyl (C=O) groups excluding carboxylic acids is 1. The van der Waals surface area contributed by atoms with Gasteiger partial charge in [0.15, 0.2) is 5.78 Å². The minimum Gasteiger partial charge on any atom is -0.437 e. The number of pyridine rings is 1. The van der Waals surface area contributed by atoms with E-state index in [0.29, 0.717) is 33.2 Å². The molecule has 0 saturated carbocycles. The van der Waals surface area contributed by atoms with Crippen LogP contribution < -0.4 is 5.43 Å². The highest BCUT2D eigenvalue weighted by Gasteiger charge is 2.29. The fourth-order valence-electron chi connectivity index (χ4n) is 3.14. The Labute approximate surface area is 130 Å². The summed E-state index contributed by atoms with van der Waals surface area (Å²) in [5, 5.41) is 0.827. The highest BCUT2D eigenvalue weighted by atomic mass is 16.3. The molecule has 0 amide bonds. The molecule has 2 aromatic carbocycles. The van der Waals surface area contributed by atoms with Crippen molar-refractivity contribution in [2.75, 3.05) is 0 Å². The lowest BCUT2D eigenvalue weighted by Gasteiger charge is -2.03. The van der Waals surface area contributed by atoms with Crippen molar-refractivity contribution in [3.8, 4) is 11.3 Å². The van der Waals surface area contributed by atoms with E-state index in [9.17, 15) is 9.59 Å². The minimum atomic E-state index is -0.166. The molecule has 4 nitrogen and oxygen atoms in total. The Kier molecular flexibility index (Phi) is 2.21. The predicted octanol–water partition coefficient (Wildman–Crippen LogP) is 3.55. The highest BCUT2D eigenvalue weighted by molar-refractivity contribution is 6.22. The second-order valence-corrected chi connectivity index (χ2v) is 5.54. The number of rotatable bonds is 0. The standard InChI is InChI=1S/C19H9NO3/c21-17-11-6-2-1-5-10(11)16-13(17)9-14-18(22)12-7-3-4-8-15(12)23-19(14)20-16/h1-9H. The number of nitrogens with zero attached hydrogens (tertiary/aromatic N) is 1. The third-order valence-corrected chi connectivity index (χ3v) is 4.24. The lowest BCUT2D eigenvalue weighted by Crippen LogP contribution is -2.05. The molecule has 0 unspecified atom stereocenters. The lowest BCUT2D eigenvalue weighted by atomic mass is 10.1. The third-order valence-electron chi connectivity index (χ3n) is 4.24. The molecule has 1 aliphatic carbocycles.